The highest BCUT2D eigenvalue weighted by Crippen LogP contribution is 2.30. The van der Waals surface area contributed by atoms with Crippen molar-refractivity contribution in [1.29, 1.82) is 0 Å². The van der Waals surface area contributed by atoms with Crippen molar-refractivity contribution in [1.82, 2.24) is 5.32 Å². The van der Waals surface area contributed by atoms with Gasteiger partial charge in [-0.05, 0) is 61.1 Å². The second kappa shape index (κ2) is 8.24. The number of aryl methyl sites for hydroxylation is 1. The largest absolute Gasteiger partial charge is 0.475 e. The number of nitrogens with one attached hydrogen (secondary N) is 2. The molecule has 1 amide bonds. The number of hydrogen-bond acceptors (Lipinski definition) is 4. The Hall–Kier alpha value is -3.16. The zero-order valence-corrected chi connectivity index (χ0v) is 16.2. The summed E-state index contributed by atoms with van der Waals surface area (Å²) in [7, 11) is 0. The van der Waals surface area contributed by atoms with Gasteiger partial charge in [-0.15, -0.1) is 0 Å². The summed E-state index contributed by atoms with van der Waals surface area (Å²) in [5.74, 6) is -1.29. The lowest BCUT2D eigenvalue weighted by Gasteiger charge is -2.12. The molecule has 8 heteroatoms. The van der Waals surface area contributed by atoms with Crippen LogP contribution >= 0.6 is 23.8 Å². The topological polar surface area (TPSA) is 91.6 Å². The van der Waals surface area contributed by atoms with E-state index in [9.17, 15) is 9.59 Å². The molecule has 3 N–H and O–H groups in total. The molecule has 0 unspecified atom stereocenters. The van der Waals surface area contributed by atoms with Crippen LogP contribution in [0, 0.1) is 6.92 Å². The van der Waals surface area contributed by atoms with Crippen molar-refractivity contribution in [2.24, 2.45) is 0 Å². The number of thiocarbonyl (C=S) groups is 1. The highest BCUT2D eigenvalue weighted by atomic mass is 35.5. The number of hydrogen-bond donors (Lipinski definition) is 3. The first kappa shape index (κ1) is 19.6. The lowest BCUT2D eigenvalue weighted by Crippen LogP contribution is -2.34. The van der Waals surface area contributed by atoms with Crippen LogP contribution in [-0.2, 0) is 0 Å². The molecule has 0 bridgehead atoms. The van der Waals surface area contributed by atoms with Crippen molar-refractivity contribution in [2.75, 3.05) is 5.32 Å². The number of benzene rings is 2. The normalized spacial score (nSPS) is 10.4. The minimum absolute atomic E-state index is 0.0815. The van der Waals surface area contributed by atoms with E-state index in [2.05, 4.69) is 10.6 Å². The first-order chi connectivity index (χ1) is 13.3. The molecule has 28 heavy (non-hydrogen) atoms. The van der Waals surface area contributed by atoms with Crippen LogP contribution in [0.1, 0.15) is 26.5 Å². The number of carbonyl (C=O) groups excluding carboxylic acids is 1. The van der Waals surface area contributed by atoms with Crippen molar-refractivity contribution in [2.45, 2.75) is 6.92 Å². The smallest absolute Gasteiger partial charge is 0.371 e. The van der Waals surface area contributed by atoms with Crippen molar-refractivity contribution in [3.8, 4) is 11.3 Å². The molecule has 3 rings (SSSR count). The number of furan rings is 1. The van der Waals surface area contributed by atoms with Crippen LogP contribution in [0.25, 0.3) is 11.3 Å². The number of rotatable bonds is 4. The van der Waals surface area contributed by atoms with Crippen LogP contribution in [0.15, 0.2) is 59.0 Å². The van der Waals surface area contributed by atoms with E-state index in [-0.39, 0.29) is 16.8 Å². The monoisotopic (exact) mass is 414 g/mol. The second-order valence-electron chi connectivity index (χ2n) is 5.89. The molecule has 1 aromatic heterocycles. The molecule has 1 heterocycles. The summed E-state index contributed by atoms with van der Waals surface area (Å²) in [6, 6.07) is 15.0. The summed E-state index contributed by atoms with van der Waals surface area (Å²) < 4.78 is 5.29. The molecule has 0 spiro atoms. The van der Waals surface area contributed by atoms with Gasteiger partial charge in [0.2, 0.25) is 5.76 Å². The third-order valence-electron chi connectivity index (χ3n) is 3.93. The van der Waals surface area contributed by atoms with Gasteiger partial charge in [0.1, 0.15) is 5.76 Å². The lowest BCUT2D eigenvalue weighted by molar-refractivity contribution is 0.0663. The maximum absolute atomic E-state index is 12.4. The Balaban J connectivity index is 1.76. The Bertz CT molecular complexity index is 1080. The van der Waals surface area contributed by atoms with Gasteiger partial charge in [-0.2, -0.15) is 0 Å². The zero-order valence-electron chi connectivity index (χ0n) is 14.7. The maximum Gasteiger partial charge on any atom is 0.371 e. The van der Waals surface area contributed by atoms with Crippen molar-refractivity contribution in [3.05, 3.63) is 76.5 Å². The lowest BCUT2D eigenvalue weighted by atomic mass is 10.1. The number of anilines is 1. The third-order valence-corrected chi connectivity index (χ3v) is 4.47. The van der Waals surface area contributed by atoms with Gasteiger partial charge in [-0.25, -0.2) is 4.79 Å². The molecular weight excluding hydrogens is 400 g/mol. The Labute approximate surface area is 171 Å². The molecule has 0 radical (unpaired) electrons. The fourth-order valence-electron chi connectivity index (χ4n) is 2.53. The predicted octanol–water partition coefficient (Wildman–Crippen LogP) is 4.73. The molecule has 3 aromatic rings. The molecule has 6 nitrogen and oxygen atoms in total. The number of amides is 1. The van der Waals surface area contributed by atoms with Gasteiger partial charge < -0.3 is 14.8 Å². The Kier molecular flexibility index (Phi) is 5.77. The van der Waals surface area contributed by atoms with E-state index in [0.29, 0.717) is 27.6 Å². The van der Waals surface area contributed by atoms with Gasteiger partial charge in [0, 0.05) is 11.1 Å². The minimum Gasteiger partial charge on any atom is -0.475 e. The Morgan fingerprint density at radius 1 is 1.11 bits per heavy atom. The van der Waals surface area contributed by atoms with Crippen molar-refractivity contribution < 1.29 is 19.1 Å². The van der Waals surface area contributed by atoms with Crippen LogP contribution < -0.4 is 10.6 Å². The molecule has 0 atom stereocenters. The van der Waals surface area contributed by atoms with Crippen LogP contribution in [0.2, 0.25) is 5.02 Å². The highest BCUT2D eigenvalue weighted by Gasteiger charge is 2.14. The fraction of sp³-hybridized carbons (Fsp3) is 0.0500. The Morgan fingerprint density at radius 3 is 2.54 bits per heavy atom. The number of carboxylic acids is 1. The number of carbonyl (C=O) groups is 2. The molecule has 0 fully saturated rings. The van der Waals surface area contributed by atoms with E-state index in [1.165, 1.54) is 6.07 Å². The summed E-state index contributed by atoms with van der Waals surface area (Å²) in [5, 5.41) is 14.9. The first-order valence-electron chi connectivity index (χ1n) is 8.16. The average molecular weight is 415 g/mol. The first-order valence-corrected chi connectivity index (χ1v) is 8.95. The predicted molar refractivity (Wildman–Crippen MR) is 111 cm³/mol. The van der Waals surface area contributed by atoms with Crippen LogP contribution in [0.4, 0.5) is 5.69 Å². The molecule has 0 aliphatic rings. The van der Waals surface area contributed by atoms with Gasteiger partial charge >= 0.3 is 5.97 Å². The Morgan fingerprint density at radius 2 is 1.86 bits per heavy atom. The maximum atomic E-state index is 12.4. The van der Waals surface area contributed by atoms with Crippen LogP contribution in [0.5, 0.6) is 0 Å². The SMILES string of the molecule is Cc1ccccc1C(=O)NC(=S)Nc1cc(-c2ccc(C(=O)O)o2)ccc1Cl. The molecule has 0 saturated heterocycles. The van der Waals surface area contributed by atoms with Gasteiger partial charge in [-0.1, -0.05) is 29.8 Å². The highest BCUT2D eigenvalue weighted by molar-refractivity contribution is 7.80. The molecular formula is C20H15ClN2O4S. The molecule has 2 aromatic carbocycles. The van der Waals surface area contributed by atoms with Crippen LogP contribution in [0.3, 0.4) is 0 Å². The van der Waals surface area contributed by atoms with E-state index in [1.54, 1.807) is 36.4 Å². The van der Waals surface area contributed by atoms with Gasteiger partial charge in [0.05, 0.1) is 10.7 Å². The quantitative estimate of drug-likeness (QED) is 0.534. The van der Waals surface area contributed by atoms with Gasteiger partial charge in [-0.3, -0.25) is 10.1 Å². The summed E-state index contributed by atoms with van der Waals surface area (Å²) in [5.41, 5.74) is 2.40. The molecule has 0 aliphatic heterocycles. The molecule has 0 saturated carbocycles. The average Bonchev–Trinajstić information content (AvgIpc) is 3.14. The van der Waals surface area contributed by atoms with E-state index >= 15 is 0 Å². The second-order valence-corrected chi connectivity index (χ2v) is 6.70. The van der Waals surface area contributed by atoms with E-state index in [0.717, 1.165) is 5.56 Å². The zero-order chi connectivity index (χ0) is 20.3. The van der Waals surface area contributed by atoms with Gasteiger partial charge in [0.15, 0.2) is 5.11 Å². The summed E-state index contributed by atoms with van der Waals surface area (Å²) >= 11 is 11.4. The number of aromatic carboxylic acids is 1. The van der Waals surface area contributed by atoms with E-state index in [1.807, 2.05) is 19.1 Å². The van der Waals surface area contributed by atoms with E-state index < -0.39 is 5.97 Å². The number of carboxylic acid groups (broad SMARTS) is 1. The standard InChI is InChI=1S/C20H15ClN2O4S/c1-11-4-2-3-5-13(11)18(24)23-20(28)22-15-10-12(6-7-14(15)21)16-8-9-17(27-16)19(25)26/h2-10H,1H3,(H,25,26)(H2,22,23,24,28). The van der Waals surface area contributed by atoms with Crippen molar-refractivity contribution in [3.63, 3.8) is 0 Å². The van der Waals surface area contributed by atoms with Crippen LogP contribution in [-0.4, -0.2) is 22.1 Å². The third kappa shape index (κ3) is 4.39. The summed E-state index contributed by atoms with van der Waals surface area (Å²) in [6.45, 7) is 1.83. The molecule has 142 valence electrons. The summed E-state index contributed by atoms with van der Waals surface area (Å²) in [4.78, 5) is 23.3. The fourth-order valence-corrected chi connectivity index (χ4v) is 2.90. The van der Waals surface area contributed by atoms with E-state index in [4.69, 9.17) is 33.3 Å². The van der Waals surface area contributed by atoms with Crippen molar-refractivity contribution >= 4 is 46.5 Å². The minimum atomic E-state index is -1.15. The molecule has 0 aliphatic carbocycles. The van der Waals surface area contributed by atoms with Gasteiger partial charge in [0.25, 0.3) is 5.91 Å². The number of halogens is 1. The summed E-state index contributed by atoms with van der Waals surface area (Å²) in [6.07, 6.45) is 0.